The van der Waals surface area contributed by atoms with Gasteiger partial charge in [-0.1, -0.05) is 30.3 Å². The van der Waals surface area contributed by atoms with Crippen molar-refractivity contribution in [3.05, 3.63) is 48.2 Å². The van der Waals surface area contributed by atoms with Gasteiger partial charge in [0.1, 0.15) is 0 Å². The first kappa shape index (κ1) is 16.8. The van der Waals surface area contributed by atoms with Crippen molar-refractivity contribution in [1.29, 1.82) is 0 Å². The zero-order valence-electron chi connectivity index (χ0n) is 14.4. The molecule has 0 radical (unpaired) electrons. The van der Waals surface area contributed by atoms with E-state index in [1.165, 1.54) is 6.92 Å². The van der Waals surface area contributed by atoms with Crippen LogP contribution in [0.15, 0.2) is 42.6 Å². The predicted octanol–water partition coefficient (Wildman–Crippen LogP) is 3.25. The van der Waals surface area contributed by atoms with Crippen molar-refractivity contribution < 1.29 is 14.3 Å². The van der Waals surface area contributed by atoms with Crippen LogP contribution in [0.5, 0.6) is 0 Å². The number of esters is 1. The zero-order chi connectivity index (χ0) is 18.0. The van der Waals surface area contributed by atoms with Crippen molar-refractivity contribution in [2.24, 2.45) is 0 Å². The van der Waals surface area contributed by atoms with Gasteiger partial charge in [-0.25, -0.2) is 14.5 Å². The van der Waals surface area contributed by atoms with Gasteiger partial charge in [-0.05, 0) is 26.8 Å². The SMILES string of the molecule is CCn1ncc2c(C(=O)OC(C)C(C)=O)cc(-c3ccccc3)nc21. The van der Waals surface area contributed by atoms with Crippen molar-refractivity contribution >= 4 is 22.8 Å². The van der Waals surface area contributed by atoms with Crippen molar-refractivity contribution in [2.45, 2.75) is 33.4 Å². The highest BCUT2D eigenvalue weighted by Crippen LogP contribution is 2.25. The molecule has 0 saturated heterocycles. The van der Waals surface area contributed by atoms with E-state index >= 15 is 0 Å². The fraction of sp³-hybridized carbons (Fsp3) is 0.263. The summed E-state index contributed by atoms with van der Waals surface area (Å²) in [5.41, 5.74) is 2.52. The molecule has 0 aliphatic rings. The molecule has 1 atom stereocenters. The Morgan fingerprint density at radius 1 is 1.24 bits per heavy atom. The molecule has 1 aromatic carbocycles. The van der Waals surface area contributed by atoms with E-state index in [9.17, 15) is 9.59 Å². The van der Waals surface area contributed by atoms with Crippen LogP contribution in [0.3, 0.4) is 0 Å². The van der Waals surface area contributed by atoms with Gasteiger partial charge in [0.2, 0.25) is 0 Å². The smallest absolute Gasteiger partial charge is 0.339 e. The molecule has 0 saturated carbocycles. The van der Waals surface area contributed by atoms with Crippen LogP contribution in [0.1, 0.15) is 31.1 Å². The maximum atomic E-state index is 12.6. The summed E-state index contributed by atoms with van der Waals surface area (Å²) in [6, 6.07) is 11.3. The van der Waals surface area contributed by atoms with Crippen molar-refractivity contribution in [3.63, 3.8) is 0 Å². The highest BCUT2D eigenvalue weighted by molar-refractivity contribution is 6.04. The molecular weight excluding hydrogens is 318 g/mol. The summed E-state index contributed by atoms with van der Waals surface area (Å²) in [6.45, 7) is 5.54. The summed E-state index contributed by atoms with van der Waals surface area (Å²) in [4.78, 5) is 28.7. The number of aromatic nitrogens is 3. The molecule has 0 bridgehead atoms. The highest BCUT2D eigenvalue weighted by Gasteiger charge is 2.21. The molecule has 1 unspecified atom stereocenters. The number of carbonyl (C=O) groups is 2. The number of ether oxygens (including phenoxy) is 1. The van der Waals surface area contributed by atoms with Crippen LogP contribution in [-0.4, -0.2) is 32.6 Å². The molecule has 2 heterocycles. The molecular formula is C19H19N3O3. The summed E-state index contributed by atoms with van der Waals surface area (Å²) in [6.07, 6.45) is 0.812. The molecule has 3 aromatic rings. The number of rotatable bonds is 5. The monoisotopic (exact) mass is 337 g/mol. The summed E-state index contributed by atoms with van der Waals surface area (Å²) in [5.74, 6) is -0.755. The number of carbonyl (C=O) groups excluding carboxylic acids is 2. The summed E-state index contributed by atoms with van der Waals surface area (Å²) in [5, 5.41) is 4.90. The molecule has 0 aliphatic carbocycles. The minimum Gasteiger partial charge on any atom is -0.451 e. The topological polar surface area (TPSA) is 74.1 Å². The third kappa shape index (κ3) is 3.28. The quantitative estimate of drug-likeness (QED) is 0.668. The maximum Gasteiger partial charge on any atom is 0.339 e. The molecule has 3 rings (SSSR count). The number of pyridine rings is 1. The minimum absolute atomic E-state index is 0.203. The van der Waals surface area contributed by atoms with E-state index in [0.717, 1.165) is 5.56 Å². The van der Waals surface area contributed by atoms with E-state index in [1.807, 2.05) is 37.3 Å². The number of hydrogen-bond acceptors (Lipinski definition) is 5. The van der Waals surface area contributed by atoms with Gasteiger partial charge in [-0.2, -0.15) is 5.10 Å². The fourth-order valence-corrected chi connectivity index (χ4v) is 2.51. The average Bonchev–Trinajstić information content (AvgIpc) is 3.04. The Hall–Kier alpha value is -3.02. The Balaban J connectivity index is 2.14. The zero-order valence-corrected chi connectivity index (χ0v) is 14.4. The van der Waals surface area contributed by atoms with Crippen LogP contribution in [0.4, 0.5) is 0 Å². The summed E-state index contributed by atoms with van der Waals surface area (Å²) < 4.78 is 7.02. The second kappa shape index (κ2) is 6.84. The molecule has 2 aromatic heterocycles. The number of fused-ring (bicyclic) bond motifs is 1. The predicted molar refractivity (Wildman–Crippen MR) is 94.2 cm³/mol. The fourth-order valence-electron chi connectivity index (χ4n) is 2.51. The standard InChI is InChI=1S/C19H19N3O3/c1-4-22-18-16(11-20-22)15(19(24)25-13(3)12(2)23)10-17(21-18)14-8-6-5-7-9-14/h5-11,13H,4H2,1-3H3. The van der Waals surface area contributed by atoms with E-state index < -0.39 is 12.1 Å². The van der Waals surface area contributed by atoms with Crippen LogP contribution in [0.2, 0.25) is 0 Å². The Morgan fingerprint density at radius 2 is 1.96 bits per heavy atom. The van der Waals surface area contributed by atoms with Crippen LogP contribution in [0.25, 0.3) is 22.3 Å². The molecule has 6 nitrogen and oxygen atoms in total. The first-order valence-electron chi connectivity index (χ1n) is 8.14. The third-order valence-electron chi connectivity index (χ3n) is 4.05. The van der Waals surface area contributed by atoms with Gasteiger partial charge in [0.25, 0.3) is 0 Å². The van der Waals surface area contributed by atoms with Gasteiger partial charge in [0, 0.05) is 12.1 Å². The van der Waals surface area contributed by atoms with E-state index in [1.54, 1.807) is 23.9 Å². The van der Waals surface area contributed by atoms with E-state index in [-0.39, 0.29) is 5.78 Å². The van der Waals surface area contributed by atoms with Gasteiger partial charge >= 0.3 is 5.97 Å². The van der Waals surface area contributed by atoms with E-state index in [0.29, 0.717) is 28.8 Å². The Labute approximate surface area is 145 Å². The summed E-state index contributed by atoms with van der Waals surface area (Å²) in [7, 11) is 0. The van der Waals surface area contributed by atoms with Crippen LogP contribution >= 0.6 is 0 Å². The van der Waals surface area contributed by atoms with E-state index in [4.69, 9.17) is 4.74 Å². The van der Waals surface area contributed by atoms with Crippen molar-refractivity contribution in [2.75, 3.05) is 0 Å². The molecule has 128 valence electrons. The lowest BCUT2D eigenvalue weighted by Crippen LogP contribution is -2.22. The Kier molecular flexibility index (Phi) is 4.61. The van der Waals surface area contributed by atoms with Gasteiger partial charge in [-0.15, -0.1) is 0 Å². The Morgan fingerprint density at radius 3 is 2.60 bits per heavy atom. The molecule has 25 heavy (non-hydrogen) atoms. The van der Waals surface area contributed by atoms with Crippen molar-refractivity contribution in [1.82, 2.24) is 14.8 Å². The lowest BCUT2D eigenvalue weighted by Gasteiger charge is -2.12. The molecule has 0 spiro atoms. The second-order valence-electron chi connectivity index (χ2n) is 5.78. The number of nitrogens with zero attached hydrogens (tertiary/aromatic N) is 3. The molecule has 0 amide bonds. The number of benzene rings is 1. The van der Waals surface area contributed by atoms with Crippen molar-refractivity contribution in [3.8, 4) is 11.3 Å². The first-order chi connectivity index (χ1) is 12.0. The number of hydrogen-bond donors (Lipinski definition) is 0. The lowest BCUT2D eigenvalue weighted by atomic mass is 10.1. The van der Waals surface area contributed by atoms with Gasteiger partial charge in [0.05, 0.1) is 22.8 Å². The number of Topliss-reactive ketones (excluding diaryl/α,β-unsaturated/α-hetero) is 1. The molecule has 6 heteroatoms. The largest absolute Gasteiger partial charge is 0.451 e. The molecule has 0 fully saturated rings. The third-order valence-corrected chi connectivity index (χ3v) is 4.05. The number of ketones is 1. The van der Waals surface area contributed by atoms with Gasteiger partial charge in [0.15, 0.2) is 17.5 Å². The molecule has 0 N–H and O–H groups in total. The first-order valence-corrected chi connectivity index (χ1v) is 8.14. The summed E-state index contributed by atoms with van der Waals surface area (Å²) >= 11 is 0. The van der Waals surface area contributed by atoms with E-state index in [2.05, 4.69) is 10.1 Å². The number of aryl methyl sites for hydroxylation is 1. The second-order valence-corrected chi connectivity index (χ2v) is 5.78. The average molecular weight is 337 g/mol. The van der Waals surface area contributed by atoms with Gasteiger partial charge < -0.3 is 4.74 Å². The van der Waals surface area contributed by atoms with Gasteiger partial charge in [-0.3, -0.25) is 4.79 Å². The Bertz CT molecular complexity index is 932. The van der Waals surface area contributed by atoms with Crippen LogP contribution in [-0.2, 0) is 16.1 Å². The highest BCUT2D eigenvalue weighted by atomic mass is 16.5. The maximum absolute atomic E-state index is 12.6. The van der Waals surface area contributed by atoms with Crippen LogP contribution < -0.4 is 0 Å². The lowest BCUT2D eigenvalue weighted by molar-refractivity contribution is -0.124. The minimum atomic E-state index is -0.794. The normalized spacial score (nSPS) is 12.1. The molecule has 0 aliphatic heterocycles. The van der Waals surface area contributed by atoms with Crippen LogP contribution in [0, 0.1) is 0 Å².